The lowest BCUT2D eigenvalue weighted by Crippen LogP contribution is -2.51. The Balaban J connectivity index is 1.70. The highest BCUT2D eigenvalue weighted by Gasteiger charge is 2.30. The van der Waals surface area contributed by atoms with Crippen LogP contribution in [0.4, 0.5) is 0 Å². The molecule has 0 saturated heterocycles. The second-order valence-corrected chi connectivity index (χ2v) is 6.38. The van der Waals surface area contributed by atoms with Gasteiger partial charge in [-0.3, -0.25) is 4.79 Å². The lowest BCUT2D eigenvalue weighted by atomic mass is 9.85. The molecule has 4 heteroatoms. The largest absolute Gasteiger partial charge is 0.389 e. The number of aliphatic hydroxyl groups is 1. The normalized spacial score (nSPS) is 25.2. The maximum Gasteiger partial charge on any atom is 0.237 e. The summed E-state index contributed by atoms with van der Waals surface area (Å²) in [5.74, 6) is 0.0753. The van der Waals surface area contributed by atoms with Crippen molar-refractivity contribution >= 4 is 5.91 Å². The van der Waals surface area contributed by atoms with Crippen molar-refractivity contribution in [2.24, 2.45) is 0 Å². The second kappa shape index (κ2) is 6.71. The summed E-state index contributed by atoms with van der Waals surface area (Å²) >= 11 is 0. The van der Waals surface area contributed by atoms with E-state index in [0.29, 0.717) is 12.6 Å². The van der Waals surface area contributed by atoms with Crippen molar-refractivity contribution in [3.63, 3.8) is 0 Å². The van der Waals surface area contributed by atoms with Crippen LogP contribution in [0.1, 0.15) is 64.7 Å². The summed E-state index contributed by atoms with van der Waals surface area (Å²) in [6, 6.07) is 0.154. The summed E-state index contributed by atoms with van der Waals surface area (Å²) in [6.07, 6.45) is 9.82. The third-order valence-corrected chi connectivity index (χ3v) is 4.62. The summed E-state index contributed by atoms with van der Waals surface area (Å²) in [7, 11) is 0. The predicted octanol–water partition coefficient (Wildman–Crippen LogP) is 1.72. The zero-order valence-electron chi connectivity index (χ0n) is 12.1. The van der Waals surface area contributed by atoms with Gasteiger partial charge in [0.25, 0.3) is 0 Å². The Bertz CT molecular complexity index is 295. The van der Waals surface area contributed by atoms with Gasteiger partial charge >= 0.3 is 0 Å². The number of carbonyl (C=O) groups excluding carboxylic acids is 1. The molecule has 0 aromatic rings. The van der Waals surface area contributed by atoms with Gasteiger partial charge in [0.1, 0.15) is 0 Å². The molecule has 3 N–H and O–H groups in total. The Kier molecular flexibility index (Phi) is 5.22. The smallest absolute Gasteiger partial charge is 0.237 e. The zero-order valence-corrected chi connectivity index (χ0v) is 12.1. The maximum absolute atomic E-state index is 12.0. The van der Waals surface area contributed by atoms with Crippen LogP contribution in [0.15, 0.2) is 0 Å². The first kappa shape index (κ1) is 14.8. The number of carbonyl (C=O) groups is 1. The van der Waals surface area contributed by atoms with E-state index in [-0.39, 0.29) is 11.9 Å². The van der Waals surface area contributed by atoms with E-state index in [4.69, 9.17) is 0 Å². The molecule has 19 heavy (non-hydrogen) atoms. The first-order chi connectivity index (χ1) is 9.09. The van der Waals surface area contributed by atoms with Crippen molar-refractivity contribution in [3.8, 4) is 0 Å². The zero-order chi connectivity index (χ0) is 13.7. The maximum atomic E-state index is 12.0. The Hall–Kier alpha value is -0.610. The number of rotatable bonds is 5. The summed E-state index contributed by atoms with van der Waals surface area (Å²) < 4.78 is 0. The lowest BCUT2D eigenvalue weighted by Gasteiger charge is -2.33. The predicted molar refractivity (Wildman–Crippen MR) is 75.9 cm³/mol. The Labute approximate surface area is 116 Å². The Morgan fingerprint density at radius 3 is 2.47 bits per heavy atom. The molecule has 0 aromatic carbocycles. The molecule has 1 amide bonds. The lowest BCUT2D eigenvalue weighted by molar-refractivity contribution is -0.123. The van der Waals surface area contributed by atoms with E-state index in [1.54, 1.807) is 0 Å². The summed E-state index contributed by atoms with van der Waals surface area (Å²) in [5.41, 5.74) is -0.597. The van der Waals surface area contributed by atoms with Crippen molar-refractivity contribution in [3.05, 3.63) is 0 Å². The van der Waals surface area contributed by atoms with E-state index < -0.39 is 5.60 Å². The van der Waals surface area contributed by atoms with E-state index >= 15 is 0 Å². The molecular formula is C15H28N2O2. The van der Waals surface area contributed by atoms with Gasteiger partial charge in [0.05, 0.1) is 11.6 Å². The third-order valence-electron chi connectivity index (χ3n) is 4.62. The van der Waals surface area contributed by atoms with E-state index in [1.807, 2.05) is 6.92 Å². The first-order valence-electron chi connectivity index (χ1n) is 7.85. The van der Waals surface area contributed by atoms with Crippen LogP contribution in [0.25, 0.3) is 0 Å². The molecule has 2 rings (SSSR count). The average Bonchev–Trinajstić information content (AvgIpc) is 2.90. The molecule has 0 spiro atoms. The van der Waals surface area contributed by atoms with E-state index in [9.17, 15) is 9.90 Å². The molecule has 2 saturated carbocycles. The molecule has 0 unspecified atom stereocenters. The van der Waals surface area contributed by atoms with Crippen LogP contribution in [0, 0.1) is 0 Å². The first-order valence-corrected chi connectivity index (χ1v) is 7.85. The van der Waals surface area contributed by atoms with Crippen LogP contribution in [0.5, 0.6) is 0 Å². The topological polar surface area (TPSA) is 61.4 Å². The number of hydrogen-bond acceptors (Lipinski definition) is 3. The molecule has 0 aromatic heterocycles. The van der Waals surface area contributed by atoms with E-state index in [0.717, 1.165) is 38.5 Å². The SMILES string of the molecule is C[C@H](NCC1(O)CCCCC1)C(=O)NC1CCCC1. The molecule has 0 radical (unpaired) electrons. The van der Waals surface area contributed by atoms with Gasteiger partial charge in [-0.25, -0.2) is 0 Å². The van der Waals surface area contributed by atoms with Crippen molar-refractivity contribution < 1.29 is 9.90 Å². The fourth-order valence-corrected chi connectivity index (χ4v) is 3.22. The number of nitrogens with one attached hydrogen (secondary N) is 2. The van der Waals surface area contributed by atoms with Crippen molar-refractivity contribution in [1.29, 1.82) is 0 Å². The number of amides is 1. The molecule has 2 aliphatic carbocycles. The highest BCUT2D eigenvalue weighted by Crippen LogP contribution is 2.27. The number of hydrogen-bond donors (Lipinski definition) is 3. The Morgan fingerprint density at radius 2 is 1.84 bits per heavy atom. The molecule has 0 bridgehead atoms. The summed E-state index contributed by atoms with van der Waals surface area (Å²) in [4.78, 5) is 12.0. The van der Waals surface area contributed by atoms with Gasteiger partial charge in [0, 0.05) is 12.6 Å². The molecule has 1 atom stereocenters. The fraction of sp³-hybridized carbons (Fsp3) is 0.933. The quantitative estimate of drug-likeness (QED) is 0.711. The monoisotopic (exact) mass is 268 g/mol. The summed E-state index contributed by atoms with van der Waals surface area (Å²) in [5, 5.41) is 16.7. The van der Waals surface area contributed by atoms with E-state index in [2.05, 4.69) is 10.6 Å². The van der Waals surface area contributed by atoms with Crippen LogP contribution < -0.4 is 10.6 Å². The minimum atomic E-state index is -0.597. The van der Waals surface area contributed by atoms with Gasteiger partial charge < -0.3 is 15.7 Å². The van der Waals surface area contributed by atoms with Crippen molar-refractivity contribution in [2.75, 3.05) is 6.54 Å². The van der Waals surface area contributed by atoms with Crippen molar-refractivity contribution in [1.82, 2.24) is 10.6 Å². The van der Waals surface area contributed by atoms with Crippen LogP contribution in [0.2, 0.25) is 0 Å². The van der Waals surface area contributed by atoms with Gasteiger partial charge in [0.15, 0.2) is 0 Å². The van der Waals surface area contributed by atoms with Crippen molar-refractivity contribution in [2.45, 2.75) is 82.4 Å². The molecule has 0 heterocycles. The van der Waals surface area contributed by atoms with Crippen LogP contribution in [-0.4, -0.2) is 35.2 Å². The van der Waals surface area contributed by atoms with Crippen LogP contribution >= 0.6 is 0 Å². The Morgan fingerprint density at radius 1 is 1.21 bits per heavy atom. The van der Waals surface area contributed by atoms with Gasteiger partial charge in [-0.15, -0.1) is 0 Å². The van der Waals surface area contributed by atoms with Gasteiger partial charge in [-0.05, 0) is 32.6 Å². The third kappa shape index (κ3) is 4.46. The fourth-order valence-electron chi connectivity index (χ4n) is 3.22. The molecule has 0 aliphatic heterocycles. The molecule has 110 valence electrons. The highest BCUT2D eigenvalue weighted by molar-refractivity contribution is 5.81. The van der Waals surface area contributed by atoms with Gasteiger partial charge in [-0.1, -0.05) is 32.1 Å². The second-order valence-electron chi connectivity index (χ2n) is 6.38. The highest BCUT2D eigenvalue weighted by atomic mass is 16.3. The average molecular weight is 268 g/mol. The molecule has 2 aliphatic rings. The van der Waals surface area contributed by atoms with Crippen LogP contribution in [0.3, 0.4) is 0 Å². The molecule has 2 fully saturated rings. The summed E-state index contributed by atoms with van der Waals surface area (Å²) in [6.45, 7) is 2.42. The standard InChI is InChI=1S/C15H28N2O2/c1-12(14(18)17-13-7-3-4-8-13)16-11-15(19)9-5-2-6-10-15/h12-13,16,19H,2-11H2,1H3,(H,17,18)/t12-/m0/s1. The minimum absolute atomic E-state index is 0.0753. The van der Waals surface area contributed by atoms with E-state index in [1.165, 1.54) is 19.3 Å². The minimum Gasteiger partial charge on any atom is -0.389 e. The molecule has 4 nitrogen and oxygen atoms in total. The van der Waals surface area contributed by atoms with Crippen LogP contribution in [-0.2, 0) is 4.79 Å². The van der Waals surface area contributed by atoms with Gasteiger partial charge in [-0.2, -0.15) is 0 Å². The van der Waals surface area contributed by atoms with Gasteiger partial charge in [0.2, 0.25) is 5.91 Å². The molecular weight excluding hydrogens is 240 g/mol.